The third-order valence-electron chi connectivity index (χ3n) is 5.66. The van der Waals surface area contributed by atoms with E-state index in [9.17, 15) is 0 Å². The van der Waals surface area contributed by atoms with Gasteiger partial charge in [0.25, 0.3) is 0 Å². The number of aryl methyl sites for hydroxylation is 1. The Kier molecular flexibility index (Phi) is 8.78. The predicted octanol–water partition coefficient (Wildman–Crippen LogP) is 7.38. The number of ether oxygens (including phenoxy) is 1. The van der Waals surface area contributed by atoms with Crippen LogP contribution in [-0.4, -0.2) is 16.6 Å². The Morgan fingerprint density at radius 1 is 1.00 bits per heavy atom. The van der Waals surface area contributed by atoms with E-state index in [1.807, 2.05) is 18.5 Å². The van der Waals surface area contributed by atoms with E-state index < -0.39 is 0 Å². The number of halogens is 1. The summed E-state index contributed by atoms with van der Waals surface area (Å²) < 4.78 is 7.05. The first-order valence-corrected chi connectivity index (χ1v) is 11.8. The second kappa shape index (κ2) is 11.5. The molecule has 1 aliphatic rings. The molecule has 0 bridgehead atoms. The van der Waals surface area contributed by atoms with E-state index in [0.29, 0.717) is 5.92 Å². The summed E-state index contributed by atoms with van der Waals surface area (Å²) >= 11 is 3.66. The molecule has 1 saturated carbocycles. The van der Waals surface area contributed by atoms with Crippen molar-refractivity contribution in [1.82, 2.24) is 9.97 Å². The molecule has 1 fully saturated rings. The average Bonchev–Trinajstić information content (AvgIpc) is 2.74. The molecular weight excluding hydrogens is 412 g/mol. The minimum Gasteiger partial charge on any atom is -0.492 e. The third-order valence-corrected chi connectivity index (χ3v) is 6.28. The summed E-state index contributed by atoms with van der Waals surface area (Å²) in [6, 6.07) is 6.16. The molecule has 0 unspecified atom stereocenters. The molecule has 3 nitrogen and oxygen atoms in total. The number of unbranched alkanes of at least 4 members (excludes halogenated alkanes) is 4. The molecule has 0 saturated heterocycles. The lowest BCUT2D eigenvalue weighted by Gasteiger charge is -2.22. The molecule has 152 valence electrons. The zero-order chi connectivity index (χ0) is 19.6. The van der Waals surface area contributed by atoms with Gasteiger partial charge in [-0.25, -0.2) is 9.97 Å². The summed E-state index contributed by atoms with van der Waals surface area (Å²) in [4.78, 5) is 9.16. The van der Waals surface area contributed by atoms with Crippen molar-refractivity contribution < 1.29 is 4.74 Å². The van der Waals surface area contributed by atoms with Crippen molar-refractivity contribution in [2.24, 2.45) is 5.92 Å². The molecule has 0 spiro atoms. The van der Waals surface area contributed by atoms with Crippen molar-refractivity contribution in [1.29, 1.82) is 0 Å². The Bertz CT molecular complexity index is 711. The van der Waals surface area contributed by atoms with Crippen LogP contribution in [0, 0.1) is 5.92 Å². The van der Waals surface area contributed by atoms with Crippen molar-refractivity contribution in [2.75, 3.05) is 6.61 Å². The molecule has 0 radical (unpaired) electrons. The largest absolute Gasteiger partial charge is 0.492 e. The second-order valence-corrected chi connectivity index (χ2v) is 8.89. The maximum absolute atomic E-state index is 6.07. The predicted molar refractivity (Wildman–Crippen MR) is 120 cm³/mol. The SMILES string of the molecule is CCCCCCCc1cnc(-c2ccc(OCC3CCCCC3)c(Br)c2)nc1. The lowest BCUT2D eigenvalue weighted by Crippen LogP contribution is -2.15. The molecule has 1 aromatic carbocycles. The molecule has 0 amide bonds. The first-order valence-electron chi connectivity index (χ1n) is 11.0. The number of hydrogen-bond acceptors (Lipinski definition) is 3. The van der Waals surface area contributed by atoms with Crippen molar-refractivity contribution in [3.05, 3.63) is 40.6 Å². The molecule has 0 atom stereocenters. The fraction of sp³-hybridized carbons (Fsp3) is 0.583. The highest BCUT2D eigenvalue weighted by atomic mass is 79.9. The summed E-state index contributed by atoms with van der Waals surface area (Å²) in [5.74, 6) is 2.39. The van der Waals surface area contributed by atoms with Crippen LogP contribution in [0.25, 0.3) is 11.4 Å². The van der Waals surface area contributed by atoms with Gasteiger partial charge in [-0.15, -0.1) is 0 Å². The van der Waals surface area contributed by atoms with Gasteiger partial charge >= 0.3 is 0 Å². The fourth-order valence-electron chi connectivity index (χ4n) is 3.88. The van der Waals surface area contributed by atoms with E-state index in [1.54, 1.807) is 0 Å². The summed E-state index contributed by atoms with van der Waals surface area (Å²) in [5.41, 5.74) is 2.25. The van der Waals surface area contributed by atoms with Gasteiger partial charge in [0, 0.05) is 18.0 Å². The van der Waals surface area contributed by atoms with Gasteiger partial charge < -0.3 is 4.74 Å². The summed E-state index contributed by atoms with van der Waals surface area (Å²) in [6.45, 7) is 3.07. The van der Waals surface area contributed by atoms with Gasteiger partial charge in [0.05, 0.1) is 11.1 Å². The second-order valence-electron chi connectivity index (χ2n) is 8.04. The fourth-order valence-corrected chi connectivity index (χ4v) is 4.38. The Labute approximate surface area is 178 Å². The molecule has 0 N–H and O–H groups in total. The maximum Gasteiger partial charge on any atom is 0.159 e. The molecule has 1 heterocycles. The monoisotopic (exact) mass is 444 g/mol. The van der Waals surface area contributed by atoms with Gasteiger partial charge in [-0.2, -0.15) is 0 Å². The van der Waals surface area contributed by atoms with Crippen LogP contribution in [0.3, 0.4) is 0 Å². The Morgan fingerprint density at radius 3 is 2.46 bits per heavy atom. The number of benzene rings is 1. The molecule has 2 aromatic rings. The van der Waals surface area contributed by atoms with Gasteiger partial charge in [0.1, 0.15) is 5.75 Å². The normalized spacial score (nSPS) is 14.9. The van der Waals surface area contributed by atoms with E-state index in [-0.39, 0.29) is 0 Å². The van der Waals surface area contributed by atoms with Crippen LogP contribution in [0.15, 0.2) is 35.1 Å². The Hall–Kier alpha value is -1.42. The van der Waals surface area contributed by atoms with Gasteiger partial charge in [0.2, 0.25) is 0 Å². The minimum absolute atomic E-state index is 0.707. The molecule has 3 rings (SSSR count). The van der Waals surface area contributed by atoms with E-state index in [0.717, 1.165) is 34.6 Å². The van der Waals surface area contributed by atoms with E-state index in [1.165, 1.54) is 69.8 Å². The molecule has 28 heavy (non-hydrogen) atoms. The van der Waals surface area contributed by atoms with Crippen LogP contribution < -0.4 is 4.74 Å². The minimum atomic E-state index is 0.707. The van der Waals surface area contributed by atoms with E-state index >= 15 is 0 Å². The Morgan fingerprint density at radius 2 is 1.75 bits per heavy atom. The van der Waals surface area contributed by atoms with Crippen LogP contribution in [0.5, 0.6) is 5.75 Å². The van der Waals surface area contributed by atoms with Crippen LogP contribution in [0.2, 0.25) is 0 Å². The van der Waals surface area contributed by atoms with Gasteiger partial charge in [-0.3, -0.25) is 0 Å². The smallest absolute Gasteiger partial charge is 0.159 e. The standard InChI is InChI=1S/C24H33BrN2O/c1-2-3-4-5-7-12-20-16-26-24(27-17-20)21-13-14-23(22(25)15-21)28-18-19-10-8-6-9-11-19/h13-17,19H,2-12,18H2,1H3. The van der Waals surface area contributed by atoms with Crippen LogP contribution in [0.4, 0.5) is 0 Å². The zero-order valence-electron chi connectivity index (χ0n) is 17.1. The van der Waals surface area contributed by atoms with Crippen LogP contribution in [0.1, 0.15) is 76.7 Å². The quantitative estimate of drug-likeness (QED) is 0.358. The highest BCUT2D eigenvalue weighted by molar-refractivity contribution is 9.10. The highest BCUT2D eigenvalue weighted by Gasteiger charge is 2.15. The van der Waals surface area contributed by atoms with E-state index in [4.69, 9.17) is 4.74 Å². The first kappa shape index (κ1) is 21.3. The van der Waals surface area contributed by atoms with Crippen LogP contribution >= 0.6 is 15.9 Å². The number of rotatable bonds is 10. The summed E-state index contributed by atoms with van der Waals surface area (Å²) in [6.07, 6.45) is 18.2. The average molecular weight is 445 g/mol. The number of hydrogen-bond donors (Lipinski definition) is 0. The van der Waals surface area contributed by atoms with Crippen LogP contribution in [-0.2, 0) is 6.42 Å². The molecule has 0 aliphatic heterocycles. The molecule has 4 heteroatoms. The van der Waals surface area contributed by atoms with E-state index in [2.05, 4.69) is 45.0 Å². The third kappa shape index (κ3) is 6.58. The topological polar surface area (TPSA) is 35.0 Å². The summed E-state index contributed by atoms with van der Waals surface area (Å²) in [7, 11) is 0. The number of aromatic nitrogens is 2. The van der Waals surface area contributed by atoms with Crippen molar-refractivity contribution in [2.45, 2.75) is 77.6 Å². The molecule has 1 aliphatic carbocycles. The van der Waals surface area contributed by atoms with Gasteiger partial charge in [-0.05, 0) is 71.3 Å². The zero-order valence-corrected chi connectivity index (χ0v) is 18.7. The van der Waals surface area contributed by atoms with Gasteiger partial charge in [-0.1, -0.05) is 51.9 Å². The lowest BCUT2D eigenvalue weighted by atomic mass is 9.90. The Balaban J connectivity index is 1.52. The molecule has 1 aromatic heterocycles. The summed E-state index contributed by atoms with van der Waals surface area (Å²) in [5, 5.41) is 0. The van der Waals surface area contributed by atoms with Crippen molar-refractivity contribution in [3.8, 4) is 17.1 Å². The highest BCUT2D eigenvalue weighted by Crippen LogP contribution is 2.31. The van der Waals surface area contributed by atoms with Crippen molar-refractivity contribution >= 4 is 15.9 Å². The maximum atomic E-state index is 6.07. The number of nitrogens with zero attached hydrogens (tertiary/aromatic N) is 2. The first-order chi connectivity index (χ1) is 13.8. The van der Waals surface area contributed by atoms with Crippen molar-refractivity contribution in [3.63, 3.8) is 0 Å². The molecular formula is C24H33BrN2O. The van der Waals surface area contributed by atoms with Gasteiger partial charge in [0.15, 0.2) is 5.82 Å². The lowest BCUT2D eigenvalue weighted by molar-refractivity contribution is 0.208.